The van der Waals surface area contributed by atoms with E-state index in [0.717, 1.165) is 0 Å². The SMILES string of the molecule is C=C/C(C)=C(/F)C(C)OC. The summed E-state index contributed by atoms with van der Waals surface area (Å²) in [6.45, 7) is 6.76. The maximum atomic E-state index is 12.9. The van der Waals surface area contributed by atoms with Gasteiger partial charge in [-0.15, -0.1) is 0 Å². The second-order valence-electron chi connectivity index (χ2n) is 2.11. The van der Waals surface area contributed by atoms with Crippen molar-refractivity contribution in [3.63, 3.8) is 0 Å². The molecule has 0 fully saturated rings. The topological polar surface area (TPSA) is 9.23 Å². The fourth-order valence-electron chi connectivity index (χ4n) is 0.522. The Balaban J connectivity index is 4.29. The maximum absolute atomic E-state index is 12.9. The molecule has 1 atom stereocenters. The first kappa shape index (κ1) is 9.37. The lowest BCUT2D eigenvalue weighted by molar-refractivity contribution is 0.126. The highest BCUT2D eigenvalue weighted by atomic mass is 19.1. The number of methoxy groups -OCH3 is 1. The first-order valence-electron chi connectivity index (χ1n) is 3.15. The minimum atomic E-state index is -0.460. The summed E-state index contributed by atoms with van der Waals surface area (Å²) in [6.07, 6.45) is 1.02. The monoisotopic (exact) mass is 144 g/mol. The van der Waals surface area contributed by atoms with Crippen LogP contribution in [0.2, 0.25) is 0 Å². The molecule has 0 aromatic carbocycles. The van der Waals surface area contributed by atoms with Crippen LogP contribution >= 0.6 is 0 Å². The smallest absolute Gasteiger partial charge is 0.131 e. The highest BCUT2D eigenvalue weighted by molar-refractivity contribution is 5.19. The Hall–Kier alpha value is -0.630. The Bertz CT molecular complexity index is 149. The molecule has 0 aromatic heterocycles. The van der Waals surface area contributed by atoms with E-state index in [1.807, 2.05) is 0 Å². The summed E-state index contributed by atoms with van der Waals surface area (Å²) < 4.78 is 17.6. The van der Waals surface area contributed by atoms with E-state index < -0.39 is 6.10 Å². The molecular formula is C8H13FO. The van der Waals surface area contributed by atoms with Gasteiger partial charge in [0.05, 0.1) is 0 Å². The summed E-state index contributed by atoms with van der Waals surface area (Å²) in [5.41, 5.74) is 0.536. The van der Waals surface area contributed by atoms with Crippen LogP contribution in [0.1, 0.15) is 13.8 Å². The van der Waals surface area contributed by atoms with E-state index in [-0.39, 0.29) is 5.83 Å². The van der Waals surface area contributed by atoms with E-state index in [9.17, 15) is 4.39 Å². The van der Waals surface area contributed by atoms with Gasteiger partial charge in [-0.1, -0.05) is 12.7 Å². The fraction of sp³-hybridized carbons (Fsp3) is 0.500. The molecule has 0 saturated heterocycles. The van der Waals surface area contributed by atoms with Gasteiger partial charge in [-0.05, 0) is 19.4 Å². The van der Waals surface area contributed by atoms with Gasteiger partial charge in [0.15, 0.2) is 0 Å². The lowest BCUT2D eigenvalue weighted by atomic mass is 10.2. The summed E-state index contributed by atoms with van der Waals surface area (Å²) in [7, 11) is 1.47. The van der Waals surface area contributed by atoms with E-state index in [4.69, 9.17) is 4.74 Å². The lowest BCUT2D eigenvalue weighted by Crippen LogP contribution is -2.06. The zero-order chi connectivity index (χ0) is 8.15. The van der Waals surface area contributed by atoms with E-state index in [2.05, 4.69) is 6.58 Å². The molecule has 2 heteroatoms. The summed E-state index contributed by atoms with van der Waals surface area (Å²) in [6, 6.07) is 0. The van der Waals surface area contributed by atoms with Crippen molar-refractivity contribution < 1.29 is 9.13 Å². The van der Waals surface area contributed by atoms with Crippen LogP contribution < -0.4 is 0 Å². The van der Waals surface area contributed by atoms with Crippen molar-refractivity contribution in [2.75, 3.05) is 7.11 Å². The number of allylic oxidation sites excluding steroid dienone is 2. The Morgan fingerprint density at radius 2 is 2.20 bits per heavy atom. The van der Waals surface area contributed by atoms with Gasteiger partial charge in [0.25, 0.3) is 0 Å². The van der Waals surface area contributed by atoms with Gasteiger partial charge in [-0.3, -0.25) is 0 Å². The van der Waals surface area contributed by atoms with Crippen LogP contribution in [0.15, 0.2) is 24.1 Å². The van der Waals surface area contributed by atoms with Gasteiger partial charge in [-0.2, -0.15) is 0 Å². The fourth-order valence-corrected chi connectivity index (χ4v) is 0.522. The first-order chi connectivity index (χ1) is 4.63. The van der Waals surface area contributed by atoms with E-state index in [0.29, 0.717) is 5.57 Å². The van der Waals surface area contributed by atoms with E-state index >= 15 is 0 Å². The molecule has 0 radical (unpaired) electrons. The van der Waals surface area contributed by atoms with Gasteiger partial charge in [-0.25, -0.2) is 4.39 Å². The predicted molar refractivity (Wildman–Crippen MR) is 40.5 cm³/mol. The average Bonchev–Trinajstić information content (AvgIpc) is 2.00. The Kier molecular flexibility index (Phi) is 3.96. The highest BCUT2D eigenvalue weighted by Crippen LogP contribution is 2.12. The second kappa shape index (κ2) is 4.23. The molecule has 0 heterocycles. The van der Waals surface area contributed by atoms with Gasteiger partial charge >= 0.3 is 0 Å². The number of hydrogen-bond acceptors (Lipinski definition) is 1. The minimum absolute atomic E-state index is 0.252. The van der Waals surface area contributed by atoms with Crippen LogP contribution in [0.3, 0.4) is 0 Å². The van der Waals surface area contributed by atoms with E-state index in [1.165, 1.54) is 13.2 Å². The van der Waals surface area contributed by atoms with Gasteiger partial charge in [0.2, 0.25) is 0 Å². The average molecular weight is 144 g/mol. The molecule has 0 amide bonds. The number of rotatable bonds is 3. The zero-order valence-electron chi connectivity index (χ0n) is 6.65. The largest absolute Gasteiger partial charge is 0.375 e. The third-order valence-corrected chi connectivity index (χ3v) is 1.39. The molecule has 1 nitrogen and oxygen atoms in total. The Morgan fingerprint density at radius 3 is 2.50 bits per heavy atom. The molecule has 0 aliphatic rings. The number of halogens is 1. The highest BCUT2D eigenvalue weighted by Gasteiger charge is 2.07. The first-order valence-corrected chi connectivity index (χ1v) is 3.15. The van der Waals surface area contributed by atoms with Crippen LogP contribution in [0, 0.1) is 0 Å². The molecule has 0 rings (SSSR count). The lowest BCUT2D eigenvalue weighted by Gasteiger charge is -2.07. The molecule has 0 aromatic rings. The van der Waals surface area contributed by atoms with Gasteiger partial charge in [0.1, 0.15) is 11.9 Å². The standard InChI is InChI=1S/C8H13FO/c1-5-6(2)8(9)7(3)10-4/h5,7H,1H2,2-4H3/b8-6+. The Morgan fingerprint density at radius 1 is 1.70 bits per heavy atom. The van der Waals surface area contributed by atoms with Crippen molar-refractivity contribution in [3.8, 4) is 0 Å². The summed E-state index contributed by atoms with van der Waals surface area (Å²) in [5, 5.41) is 0. The molecule has 0 aliphatic heterocycles. The molecule has 0 N–H and O–H groups in total. The molecule has 58 valence electrons. The van der Waals surface area contributed by atoms with Crippen LogP contribution in [0.4, 0.5) is 4.39 Å². The molecule has 10 heavy (non-hydrogen) atoms. The summed E-state index contributed by atoms with van der Waals surface area (Å²) in [4.78, 5) is 0. The van der Waals surface area contributed by atoms with Crippen molar-refractivity contribution in [2.45, 2.75) is 20.0 Å². The molecule has 0 saturated carbocycles. The molecule has 0 bridgehead atoms. The molecule has 0 aliphatic carbocycles. The van der Waals surface area contributed by atoms with Gasteiger partial charge < -0.3 is 4.74 Å². The molecule has 0 spiro atoms. The molecular weight excluding hydrogens is 131 g/mol. The van der Waals surface area contributed by atoms with Crippen LogP contribution in [-0.2, 0) is 4.74 Å². The third kappa shape index (κ3) is 2.31. The third-order valence-electron chi connectivity index (χ3n) is 1.39. The zero-order valence-corrected chi connectivity index (χ0v) is 6.65. The second-order valence-corrected chi connectivity index (χ2v) is 2.11. The normalized spacial score (nSPS) is 16.0. The van der Waals surface area contributed by atoms with Crippen molar-refractivity contribution in [3.05, 3.63) is 24.1 Å². The Labute approximate surface area is 61.2 Å². The van der Waals surface area contributed by atoms with Crippen molar-refractivity contribution in [1.29, 1.82) is 0 Å². The van der Waals surface area contributed by atoms with Crippen LogP contribution in [0.25, 0.3) is 0 Å². The van der Waals surface area contributed by atoms with Crippen molar-refractivity contribution in [2.24, 2.45) is 0 Å². The summed E-state index contributed by atoms with van der Waals surface area (Å²) in [5.74, 6) is -0.252. The van der Waals surface area contributed by atoms with Crippen LogP contribution in [0.5, 0.6) is 0 Å². The predicted octanol–water partition coefficient (Wildman–Crippen LogP) is 2.45. The van der Waals surface area contributed by atoms with Crippen molar-refractivity contribution >= 4 is 0 Å². The minimum Gasteiger partial charge on any atom is -0.375 e. The van der Waals surface area contributed by atoms with Crippen LogP contribution in [-0.4, -0.2) is 13.2 Å². The van der Waals surface area contributed by atoms with Crippen molar-refractivity contribution in [1.82, 2.24) is 0 Å². The van der Waals surface area contributed by atoms with E-state index in [1.54, 1.807) is 13.8 Å². The molecule has 1 unspecified atom stereocenters. The van der Waals surface area contributed by atoms with Gasteiger partial charge in [0, 0.05) is 7.11 Å². The number of hydrogen-bond donors (Lipinski definition) is 0. The quantitative estimate of drug-likeness (QED) is 0.553. The summed E-state index contributed by atoms with van der Waals surface area (Å²) >= 11 is 0. The maximum Gasteiger partial charge on any atom is 0.131 e. The number of ether oxygens (including phenoxy) is 1.